The number of hydrogen-bond donors (Lipinski definition) is 0. The SMILES string of the molecule is c1cncc(-c2ccc(-c3nc(-n4c5ccccc5c5ccccc54)nc(-n4c5ccccc5c5cccc(-c6cccc7c6oc6ccccc67)c54)n3)cc2)c1. The minimum atomic E-state index is 0.517. The van der Waals surface area contributed by atoms with Crippen molar-refractivity contribution in [2.24, 2.45) is 0 Å². The minimum absolute atomic E-state index is 0.517. The van der Waals surface area contributed by atoms with Gasteiger partial charge in [-0.25, -0.2) is 0 Å². The fraction of sp³-hybridized carbons (Fsp3) is 0. The summed E-state index contributed by atoms with van der Waals surface area (Å²) in [4.78, 5) is 20.4. The van der Waals surface area contributed by atoms with E-state index in [-0.39, 0.29) is 0 Å². The van der Waals surface area contributed by atoms with Crippen LogP contribution in [0.15, 0.2) is 187 Å². The van der Waals surface area contributed by atoms with E-state index < -0.39 is 0 Å². The van der Waals surface area contributed by atoms with Crippen LogP contribution in [0.25, 0.3) is 111 Å². The lowest BCUT2D eigenvalue weighted by atomic mass is 9.99. The second kappa shape index (κ2) is 12.3. The molecular formula is C50H30N6O. The fourth-order valence-electron chi connectivity index (χ4n) is 8.57. The quantitative estimate of drug-likeness (QED) is 0.176. The van der Waals surface area contributed by atoms with E-state index in [0.29, 0.717) is 17.7 Å². The van der Waals surface area contributed by atoms with Crippen LogP contribution in [-0.4, -0.2) is 29.1 Å². The summed E-state index contributed by atoms with van der Waals surface area (Å²) in [6.45, 7) is 0. The molecule has 12 aromatic rings. The Hall–Kier alpha value is -7.90. The molecular weight excluding hydrogens is 701 g/mol. The first kappa shape index (κ1) is 31.5. The molecule has 0 atom stereocenters. The summed E-state index contributed by atoms with van der Waals surface area (Å²) in [5, 5.41) is 6.64. The van der Waals surface area contributed by atoms with Crippen molar-refractivity contribution in [2.45, 2.75) is 0 Å². The molecule has 0 aliphatic rings. The number of rotatable bonds is 5. The van der Waals surface area contributed by atoms with Crippen molar-refractivity contribution in [2.75, 3.05) is 0 Å². The maximum atomic E-state index is 6.62. The minimum Gasteiger partial charge on any atom is -0.455 e. The topological polar surface area (TPSA) is 74.6 Å². The second-order valence-corrected chi connectivity index (χ2v) is 14.3. The van der Waals surface area contributed by atoms with Crippen molar-refractivity contribution in [1.82, 2.24) is 29.1 Å². The van der Waals surface area contributed by atoms with Crippen LogP contribution in [0, 0.1) is 0 Å². The van der Waals surface area contributed by atoms with Crippen molar-refractivity contribution in [1.29, 1.82) is 0 Å². The normalized spacial score (nSPS) is 11.9. The van der Waals surface area contributed by atoms with Crippen LogP contribution in [0.2, 0.25) is 0 Å². The standard InChI is InChI=1S/C50H30N6O/c1-5-21-42-34(13-1)35-14-2-6-22-43(35)55(42)49-52-48(32-27-25-31(26-28-32)33-12-11-29-51-30-33)53-50(54-49)56-44-23-7-3-15-36(44)38-17-9-18-39(46(38)56)41-20-10-19-40-37-16-4-8-24-45(37)57-47(40)41/h1-30H. The van der Waals surface area contributed by atoms with Gasteiger partial charge in [0, 0.05) is 61.4 Å². The number of nitrogens with zero attached hydrogens (tertiary/aromatic N) is 6. The maximum Gasteiger partial charge on any atom is 0.240 e. The van der Waals surface area contributed by atoms with Gasteiger partial charge in [0.25, 0.3) is 0 Å². The van der Waals surface area contributed by atoms with Gasteiger partial charge in [-0.3, -0.25) is 14.1 Å². The first-order chi connectivity index (χ1) is 28.3. The number of hydrogen-bond acceptors (Lipinski definition) is 5. The van der Waals surface area contributed by atoms with Crippen molar-refractivity contribution in [3.8, 4) is 45.5 Å². The Morgan fingerprint density at radius 2 is 0.947 bits per heavy atom. The molecule has 57 heavy (non-hydrogen) atoms. The second-order valence-electron chi connectivity index (χ2n) is 14.3. The third kappa shape index (κ3) is 4.79. The average molecular weight is 731 g/mol. The highest BCUT2D eigenvalue weighted by molar-refractivity contribution is 6.17. The third-order valence-electron chi connectivity index (χ3n) is 11.1. The van der Waals surface area contributed by atoms with Crippen LogP contribution in [0.3, 0.4) is 0 Å². The van der Waals surface area contributed by atoms with Gasteiger partial charge in [-0.05, 0) is 41.5 Å². The molecule has 5 aromatic heterocycles. The third-order valence-corrected chi connectivity index (χ3v) is 11.1. The van der Waals surface area contributed by atoms with Gasteiger partial charge in [0.05, 0.1) is 22.1 Å². The van der Waals surface area contributed by atoms with Crippen LogP contribution in [0.1, 0.15) is 0 Å². The van der Waals surface area contributed by atoms with Gasteiger partial charge in [-0.1, -0.05) is 140 Å². The number of benzene rings is 7. The van der Waals surface area contributed by atoms with Gasteiger partial charge in [0.2, 0.25) is 11.9 Å². The monoisotopic (exact) mass is 730 g/mol. The average Bonchev–Trinajstić information content (AvgIpc) is 3.95. The maximum absolute atomic E-state index is 6.62. The zero-order valence-corrected chi connectivity index (χ0v) is 30.4. The lowest BCUT2D eigenvalue weighted by Gasteiger charge is -2.14. The molecule has 0 radical (unpaired) electrons. The molecule has 0 saturated heterocycles. The van der Waals surface area contributed by atoms with Gasteiger partial charge in [0.1, 0.15) is 11.2 Å². The lowest BCUT2D eigenvalue weighted by molar-refractivity contribution is 0.670. The summed E-state index contributed by atoms with van der Waals surface area (Å²) in [6, 6.07) is 58.8. The highest BCUT2D eigenvalue weighted by atomic mass is 16.3. The Balaban J connectivity index is 1.17. The summed E-state index contributed by atoms with van der Waals surface area (Å²) in [7, 11) is 0. The molecule has 266 valence electrons. The molecule has 0 amide bonds. The highest BCUT2D eigenvalue weighted by Gasteiger charge is 2.23. The summed E-state index contributed by atoms with van der Waals surface area (Å²) in [5.41, 5.74) is 10.7. The number of pyridine rings is 1. The smallest absolute Gasteiger partial charge is 0.240 e. The van der Waals surface area contributed by atoms with Gasteiger partial charge in [-0.15, -0.1) is 0 Å². The number of aromatic nitrogens is 6. The van der Waals surface area contributed by atoms with E-state index in [2.05, 4.69) is 166 Å². The number of fused-ring (bicyclic) bond motifs is 9. The van der Waals surface area contributed by atoms with Crippen molar-refractivity contribution in [3.63, 3.8) is 0 Å². The molecule has 7 heteroatoms. The Morgan fingerprint density at radius 1 is 0.386 bits per heavy atom. The van der Waals surface area contributed by atoms with E-state index in [4.69, 9.17) is 19.4 Å². The van der Waals surface area contributed by atoms with E-state index in [0.717, 1.165) is 93.4 Å². The highest BCUT2D eigenvalue weighted by Crippen LogP contribution is 2.42. The molecule has 5 heterocycles. The first-order valence-corrected chi connectivity index (χ1v) is 19.0. The van der Waals surface area contributed by atoms with Crippen LogP contribution >= 0.6 is 0 Å². The molecule has 0 aliphatic carbocycles. The molecule has 12 rings (SSSR count). The predicted molar refractivity (Wildman–Crippen MR) is 230 cm³/mol. The Morgan fingerprint density at radius 3 is 1.65 bits per heavy atom. The molecule has 0 aliphatic heterocycles. The van der Waals surface area contributed by atoms with Crippen molar-refractivity contribution >= 4 is 65.6 Å². The summed E-state index contributed by atoms with van der Waals surface area (Å²) in [5.74, 6) is 1.62. The van der Waals surface area contributed by atoms with Crippen LogP contribution in [0.5, 0.6) is 0 Å². The summed E-state index contributed by atoms with van der Waals surface area (Å²) >= 11 is 0. The Kier molecular flexibility index (Phi) is 6.79. The van der Waals surface area contributed by atoms with E-state index in [1.165, 1.54) is 0 Å². The van der Waals surface area contributed by atoms with Crippen LogP contribution in [-0.2, 0) is 0 Å². The van der Waals surface area contributed by atoms with E-state index in [1.807, 2.05) is 24.4 Å². The zero-order chi connectivity index (χ0) is 37.5. The Bertz CT molecular complexity index is 3470. The summed E-state index contributed by atoms with van der Waals surface area (Å²) in [6.07, 6.45) is 3.67. The fourth-order valence-corrected chi connectivity index (χ4v) is 8.57. The van der Waals surface area contributed by atoms with E-state index in [9.17, 15) is 0 Å². The van der Waals surface area contributed by atoms with Gasteiger partial charge < -0.3 is 4.42 Å². The molecule has 0 fully saturated rings. The first-order valence-electron chi connectivity index (χ1n) is 19.0. The van der Waals surface area contributed by atoms with Crippen LogP contribution < -0.4 is 0 Å². The van der Waals surface area contributed by atoms with Gasteiger partial charge in [-0.2, -0.15) is 15.0 Å². The largest absolute Gasteiger partial charge is 0.455 e. The molecule has 0 bridgehead atoms. The molecule has 0 spiro atoms. The van der Waals surface area contributed by atoms with Gasteiger partial charge >= 0.3 is 0 Å². The Labute approximate surface area is 325 Å². The zero-order valence-electron chi connectivity index (χ0n) is 30.4. The lowest BCUT2D eigenvalue weighted by Crippen LogP contribution is -2.10. The molecule has 0 N–H and O–H groups in total. The summed E-state index contributed by atoms with van der Waals surface area (Å²) < 4.78 is 11.0. The molecule has 7 nitrogen and oxygen atoms in total. The molecule has 7 aromatic carbocycles. The van der Waals surface area contributed by atoms with Crippen molar-refractivity contribution < 1.29 is 4.42 Å². The van der Waals surface area contributed by atoms with Crippen LogP contribution in [0.4, 0.5) is 0 Å². The molecule has 0 saturated carbocycles. The number of furan rings is 1. The van der Waals surface area contributed by atoms with Crippen molar-refractivity contribution in [3.05, 3.63) is 182 Å². The van der Waals surface area contributed by atoms with E-state index >= 15 is 0 Å². The predicted octanol–water partition coefficient (Wildman–Crippen LogP) is 12.4. The van der Waals surface area contributed by atoms with E-state index in [1.54, 1.807) is 6.20 Å². The molecule has 0 unspecified atom stereocenters. The van der Waals surface area contributed by atoms with Gasteiger partial charge in [0.15, 0.2) is 5.82 Å². The number of para-hydroxylation sites is 6.